The summed E-state index contributed by atoms with van der Waals surface area (Å²) in [6.45, 7) is 1.83. The fourth-order valence-electron chi connectivity index (χ4n) is 2.04. The first kappa shape index (κ1) is 15.3. The third kappa shape index (κ3) is 3.09. The van der Waals surface area contributed by atoms with Crippen LogP contribution in [0.5, 0.6) is 0 Å². The number of carbonyl (C=O) groups is 1. The minimum absolute atomic E-state index is 0.0741. The van der Waals surface area contributed by atoms with Gasteiger partial charge in [0.25, 0.3) is 11.6 Å². The Morgan fingerprint density at radius 2 is 1.83 bits per heavy atom. The molecule has 0 spiro atoms. The van der Waals surface area contributed by atoms with Gasteiger partial charge < -0.3 is 5.32 Å². The average molecular weight is 324 g/mol. The number of aromatic nitrogens is 4. The summed E-state index contributed by atoms with van der Waals surface area (Å²) in [5, 5.41) is 13.2. The van der Waals surface area contributed by atoms with E-state index in [0.717, 1.165) is 5.82 Å². The Labute approximate surface area is 136 Å². The Kier molecular flexibility index (Phi) is 3.98. The van der Waals surface area contributed by atoms with Crippen LogP contribution in [-0.2, 0) is 0 Å². The number of nitrogens with zero attached hydrogens (tertiary/aromatic N) is 5. The second kappa shape index (κ2) is 6.24. The smallest absolute Gasteiger partial charge is 0.269 e. The summed E-state index contributed by atoms with van der Waals surface area (Å²) in [4.78, 5) is 34.6. The maximum atomic E-state index is 12.1. The quantitative estimate of drug-likeness (QED) is 0.580. The summed E-state index contributed by atoms with van der Waals surface area (Å²) in [5.74, 6) is 0.788. The molecule has 0 aliphatic carbocycles. The van der Waals surface area contributed by atoms with E-state index in [4.69, 9.17) is 0 Å². The summed E-state index contributed by atoms with van der Waals surface area (Å²) >= 11 is 0. The van der Waals surface area contributed by atoms with Crippen molar-refractivity contribution < 1.29 is 9.72 Å². The SMILES string of the molecule is Cc1nccn1-c1ncc(NC(=O)c2ccc([N+](=O)[O-])cc2)cn1. The number of rotatable bonds is 4. The van der Waals surface area contributed by atoms with Crippen LogP contribution in [0.25, 0.3) is 5.95 Å². The first-order chi connectivity index (χ1) is 11.5. The lowest BCUT2D eigenvalue weighted by molar-refractivity contribution is -0.384. The molecule has 0 aliphatic heterocycles. The van der Waals surface area contributed by atoms with Crippen LogP contribution >= 0.6 is 0 Å². The van der Waals surface area contributed by atoms with Gasteiger partial charge in [-0.1, -0.05) is 0 Å². The van der Waals surface area contributed by atoms with E-state index in [-0.39, 0.29) is 5.69 Å². The van der Waals surface area contributed by atoms with Crippen molar-refractivity contribution in [2.75, 3.05) is 5.32 Å². The lowest BCUT2D eigenvalue weighted by atomic mass is 10.2. The first-order valence-corrected chi connectivity index (χ1v) is 6.93. The van der Waals surface area contributed by atoms with Gasteiger partial charge in [0.05, 0.1) is 23.0 Å². The number of nitro benzene ring substituents is 1. The number of amides is 1. The number of carbonyl (C=O) groups excluding carboxylic acids is 1. The normalized spacial score (nSPS) is 10.4. The van der Waals surface area contributed by atoms with E-state index < -0.39 is 10.8 Å². The minimum atomic E-state index is -0.521. The van der Waals surface area contributed by atoms with Crippen LogP contribution in [-0.4, -0.2) is 30.3 Å². The summed E-state index contributed by atoms with van der Waals surface area (Å²) < 4.78 is 1.71. The van der Waals surface area contributed by atoms with Gasteiger partial charge in [0.1, 0.15) is 5.82 Å². The predicted octanol–water partition coefficient (Wildman–Crippen LogP) is 2.13. The molecule has 2 aromatic heterocycles. The molecular weight excluding hydrogens is 312 g/mol. The third-order valence-corrected chi connectivity index (χ3v) is 3.28. The molecule has 9 heteroatoms. The summed E-state index contributed by atoms with van der Waals surface area (Å²) in [6.07, 6.45) is 6.33. The van der Waals surface area contributed by atoms with E-state index in [9.17, 15) is 14.9 Å². The molecule has 0 saturated carbocycles. The molecule has 3 rings (SSSR count). The second-order valence-electron chi connectivity index (χ2n) is 4.87. The number of hydrogen-bond acceptors (Lipinski definition) is 6. The van der Waals surface area contributed by atoms with Crippen molar-refractivity contribution in [3.63, 3.8) is 0 Å². The van der Waals surface area contributed by atoms with Gasteiger partial charge in [0.15, 0.2) is 0 Å². The molecule has 0 fully saturated rings. The number of aryl methyl sites for hydroxylation is 1. The zero-order valence-electron chi connectivity index (χ0n) is 12.6. The molecule has 0 bridgehead atoms. The van der Waals surface area contributed by atoms with Crippen molar-refractivity contribution >= 4 is 17.3 Å². The Balaban J connectivity index is 1.72. The van der Waals surface area contributed by atoms with Crippen LogP contribution in [0.1, 0.15) is 16.2 Å². The average Bonchev–Trinajstić information content (AvgIpc) is 3.01. The van der Waals surface area contributed by atoms with Gasteiger partial charge >= 0.3 is 0 Å². The zero-order chi connectivity index (χ0) is 17.1. The molecule has 3 aromatic rings. The van der Waals surface area contributed by atoms with Gasteiger partial charge in [0.2, 0.25) is 5.95 Å². The maximum absolute atomic E-state index is 12.1. The van der Waals surface area contributed by atoms with E-state index in [1.165, 1.54) is 36.7 Å². The molecule has 9 nitrogen and oxygen atoms in total. The fraction of sp³-hybridized carbons (Fsp3) is 0.0667. The molecule has 24 heavy (non-hydrogen) atoms. The van der Waals surface area contributed by atoms with Gasteiger partial charge in [0, 0.05) is 30.1 Å². The van der Waals surface area contributed by atoms with Crippen LogP contribution in [0.3, 0.4) is 0 Å². The predicted molar refractivity (Wildman–Crippen MR) is 84.9 cm³/mol. The molecule has 1 amide bonds. The van der Waals surface area contributed by atoms with Crippen LogP contribution in [0.4, 0.5) is 11.4 Å². The largest absolute Gasteiger partial charge is 0.319 e. The highest BCUT2D eigenvalue weighted by Gasteiger charge is 2.10. The standard InChI is InChI=1S/C15H12N6O3/c1-10-16-6-7-20(10)15-17-8-12(9-18-15)19-14(22)11-2-4-13(5-3-11)21(23)24/h2-9H,1H3,(H,19,22). The topological polar surface area (TPSA) is 116 Å². The molecule has 120 valence electrons. The highest BCUT2D eigenvalue weighted by Crippen LogP contribution is 2.14. The van der Waals surface area contributed by atoms with Crippen molar-refractivity contribution in [2.24, 2.45) is 0 Å². The summed E-state index contributed by atoms with van der Waals surface area (Å²) in [5.41, 5.74) is 0.643. The lowest BCUT2D eigenvalue weighted by Gasteiger charge is -2.06. The van der Waals surface area contributed by atoms with Gasteiger partial charge in [-0.2, -0.15) is 0 Å². The number of non-ortho nitro benzene ring substituents is 1. The van der Waals surface area contributed by atoms with Crippen molar-refractivity contribution in [1.29, 1.82) is 0 Å². The highest BCUT2D eigenvalue weighted by atomic mass is 16.6. The van der Waals surface area contributed by atoms with E-state index in [1.54, 1.807) is 17.0 Å². The van der Waals surface area contributed by atoms with E-state index in [2.05, 4.69) is 20.3 Å². The number of hydrogen-bond donors (Lipinski definition) is 1. The first-order valence-electron chi connectivity index (χ1n) is 6.93. The molecular formula is C15H12N6O3. The maximum Gasteiger partial charge on any atom is 0.269 e. The summed E-state index contributed by atoms with van der Waals surface area (Å²) in [6, 6.07) is 5.32. The molecule has 1 aromatic carbocycles. The van der Waals surface area contributed by atoms with Crippen molar-refractivity contribution in [2.45, 2.75) is 6.92 Å². The highest BCUT2D eigenvalue weighted by molar-refractivity contribution is 6.04. The van der Waals surface area contributed by atoms with E-state index in [1.807, 2.05) is 6.92 Å². The number of imidazole rings is 1. The van der Waals surface area contributed by atoms with Gasteiger partial charge in [-0.05, 0) is 19.1 Å². The number of nitro groups is 1. The van der Waals surface area contributed by atoms with Crippen LogP contribution in [0.2, 0.25) is 0 Å². The van der Waals surface area contributed by atoms with Crippen molar-refractivity contribution in [3.05, 3.63) is 70.6 Å². The monoisotopic (exact) mass is 324 g/mol. The molecule has 0 atom stereocenters. The number of nitrogens with one attached hydrogen (secondary N) is 1. The minimum Gasteiger partial charge on any atom is -0.319 e. The molecule has 0 unspecified atom stereocenters. The van der Waals surface area contributed by atoms with Crippen LogP contribution in [0, 0.1) is 17.0 Å². The van der Waals surface area contributed by atoms with Gasteiger partial charge in [-0.15, -0.1) is 0 Å². The zero-order valence-corrected chi connectivity index (χ0v) is 12.6. The van der Waals surface area contributed by atoms with Gasteiger partial charge in [-0.3, -0.25) is 19.5 Å². The van der Waals surface area contributed by atoms with E-state index >= 15 is 0 Å². The number of anilines is 1. The number of benzene rings is 1. The van der Waals surface area contributed by atoms with Crippen molar-refractivity contribution in [1.82, 2.24) is 19.5 Å². The molecule has 0 radical (unpaired) electrons. The molecule has 0 aliphatic rings. The Morgan fingerprint density at radius 3 is 2.38 bits per heavy atom. The summed E-state index contributed by atoms with van der Waals surface area (Å²) in [7, 11) is 0. The van der Waals surface area contributed by atoms with Crippen LogP contribution < -0.4 is 5.32 Å². The molecule has 0 saturated heterocycles. The van der Waals surface area contributed by atoms with Gasteiger partial charge in [-0.25, -0.2) is 15.0 Å². The third-order valence-electron chi connectivity index (χ3n) is 3.28. The second-order valence-corrected chi connectivity index (χ2v) is 4.87. The lowest BCUT2D eigenvalue weighted by Crippen LogP contribution is -2.13. The van der Waals surface area contributed by atoms with E-state index in [0.29, 0.717) is 17.2 Å². The molecule has 1 N–H and O–H groups in total. The Morgan fingerprint density at radius 1 is 1.17 bits per heavy atom. The fourth-order valence-corrected chi connectivity index (χ4v) is 2.04. The van der Waals surface area contributed by atoms with Crippen molar-refractivity contribution in [3.8, 4) is 5.95 Å². The Bertz CT molecular complexity index is 886. The van der Waals surface area contributed by atoms with Crippen LogP contribution in [0.15, 0.2) is 49.1 Å². The Hall–Kier alpha value is -3.62. The molecule has 2 heterocycles.